The second kappa shape index (κ2) is 6.51. The van der Waals surface area contributed by atoms with Gasteiger partial charge in [0.2, 0.25) is 0 Å². The van der Waals surface area contributed by atoms with Crippen LogP contribution in [0.25, 0.3) is 0 Å². The topological polar surface area (TPSA) is 49.8 Å². The van der Waals surface area contributed by atoms with Crippen LogP contribution in [0.4, 0.5) is 18.0 Å². The maximum absolute atomic E-state index is 13.0. The van der Waals surface area contributed by atoms with E-state index >= 15 is 0 Å². The molecule has 0 spiro atoms. The third-order valence-electron chi connectivity index (χ3n) is 5.57. The van der Waals surface area contributed by atoms with Gasteiger partial charge in [-0.05, 0) is 42.5 Å². The minimum absolute atomic E-state index is 0.00756. The number of nitrogens with zero attached hydrogens (tertiary/aromatic N) is 1. The maximum atomic E-state index is 13.0. The number of halogens is 3. The molecule has 28 heavy (non-hydrogen) atoms. The minimum Gasteiger partial charge on any atom is -0.445 e. The number of ether oxygens (including phenoxy) is 1. The van der Waals surface area contributed by atoms with Crippen molar-refractivity contribution in [2.75, 3.05) is 0 Å². The Bertz CT molecular complexity index is 862. The molecule has 0 aliphatic heterocycles. The van der Waals surface area contributed by atoms with E-state index in [9.17, 15) is 23.1 Å². The molecule has 3 aliphatic rings. The Balaban J connectivity index is 1.51. The van der Waals surface area contributed by atoms with Crippen LogP contribution in [0.1, 0.15) is 36.0 Å². The molecule has 3 aliphatic carbocycles. The lowest BCUT2D eigenvalue weighted by Crippen LogP contribution is -2.79. The third-order valence-corrected chi connectivity index (χ3v) is 5.57. The zero-order valence-corrected chi connectivity index (χ0v) is 15.1. The van der Waals surface area contributed by atoms with E-state index in [2.05, 4.69) is 0 Å². The third kappa shape index (κ3) is 3.46. The number of carbonyl (C=O) groups excluding carboxylic acids is 1. The molecule has 0 aromatic heterocycles. The fraction of sp³-hybridized carbons (Fsp3) is 0.381. The highest BCUT2D eigenvalue weighted by molar-refractivity contribution is 5.70. The second-order valence-electron chi connectivity index (χ2n) is 7.80. The Morgan fingerprint density at radius 1 is 1.04 bits per heavy atom. The van der Waals surface area contributed by atoms with Gasteiger partial charge in [-0.3, -0.25) is 4.90 Å². The van der Waals surface area contributed by atoms with Crippen LogP contribution in [0.2, 0.25) is 0 Å². The first-order chi connectivity index (χ1) is 13.2. The number of hydrogen-bond acceptors (Lipinski definition) is 3. The van der Waals surface area contributed by atoms with Crippen molar-refractivity contribution in [1.82, 2.24) is 4.90 Å². The molecule has 1 amide bonds. The maximum Gasteiger partial charge on any atom is 0.416 e. The fourth-order valence-corrected chi connectivity index (χ4v) is 4.22. The van der Waals surface area contributed by atoms with Gasteiger partial charge in [0.15, 0.2) is 0 Å². The van der Waals surface area contributed by atoms with Crippen LogP contribution in [0.15, 0.2) is 54.6 Å². The fourth-order valence-electron chi connectivity index (χ4n) is 4.22. The van der Waals surface area contributed by atoms with E-state index in [1.54, 1.807) is 6.07 Å². The van der Waals surface area contributed by atoms with Crippen LogP contribution in [-0.2, 0) is 24.1 Å². The zero-order chi connectivity index (χ0) is 20.0. The molecule has 148 valence electrons. The van der Waals surface area contributed by atoms with E-state index in [4.69, 9.17) is 4.74 Å². The molecule has 0 saturated heterocycles. The highest BCUT2D eigenvalue weighted by atomic mass is 19.4. The molecule has 7 heteroatoms. The smallest absolute Gasteiger partial charge is 0.416 e. The first kappa shape index (κ1) is 18.8. The standard InChI is InChI=1S/C21H20F3NO3/c22-21(23,24)17-8-4-7-16(9-17)10-25(19-12-20(27,13-19)14-19)18(26)28-11-15-5-2-1-3-6-15/h1-9,27H,10-14H2. The molecule has 0 heterocycles. The van der Waals surface area contributed by atoms with Crippen LogP contribution in [-0.4, -0.2) is 27.2 Å². The van der Waals surface area contributed by atoms with Gasteiger partial charge < -0.3 is 9.84 Å². The zero-order valence-electron chi connectivity index (χ0n) is 15.1. The van der Waals surface area contributed by atoms with Gasteiger partial charge in [0.25, 0.3) is 0 Å². The Kier molecular flexibility index (Phi) is 4.38. The molecule has 4 nitrogen and oxygen atoms in total. The van der Waals surface area contributed by atoms with E-state index in [0.717, 1.165) is 17.7 Å². The summed E-state index contributed by atoms with van der Waals surface area (Å²) in [6.45, 7) is 0.0900. The van der Waals surface area contributed by atoms with Crippen molar-refractivity contribution in [3.63, 3.8) is 0 Å². The minimum atomic E-state index is -4.44. The Morgan fingerprint density at radius 2 is 1.68 bits per heavy atom. The number of alkyl halides is 3. The van der Waals surface area contributed by atoms with Gasteiger partial charge in [0.1, 0.15) is 6.61 Å². The molecular formula is C21H20F3NO3. The summed E-state index contributed by atoms with van der Waals surface area (Å²) in [6.07, 6.45) is -3.73. The lowest BCUT2D eigenvalue weighted by molar-refractivity contribution is -0.260. The van der Waals surface area contributed by atoms with Crippen molar-refractivity contribution in [2.24, 2.45) is 0 Å². The lowest BCUT2D eigenvalue weighted by Gasteiger charge is -2.70. The summed E-state index contributed by atoms with van der Waals surface area (Å²) in [5.41, 5.74) is -0.823. The molecule has 3 fully saturated rings. The summed E-state index contributed by atoms with van der Waals surface area (Å²) in [5.74, 6) is 0. The summed E-state index contributed by atoms with van der Waals surface area (Å²) in [4.78, 5) is 14.2. The number of carbonyl (C=O) groups is 1. The van der Waals surface area contributed by atoms with Crippen molar-refractivity contribution in [2.45, 2.75) is 49.7 Å². The number of rotatable bonds is 5. The largest absolute Gasteiger partial charge is 0.445 e. The van der Waals surface area contributed by atoms with Crippen LogP contribution < -0.4 is 0 Å². The Labute approximate surface area is 160 Å². The molecule has 2 aromatic rings. The highest BCUT2D eigenvalue weighted by Gasteiger charge is 2.71. The predicted octanol–water partition coefficient (Wildman–Crippen LogP) is 4.51. The van der Waals surface area contributed by atoms with Crippen LogP contribution in [0.3, 0.4) is 0 Å². The van der Waals surface area contributed by atoms with Crippen LogP contribution in [0.5, 0.6) is 0 Å². The molecule has 5 rings (SSSR count). The Hall–Kier alpha value is -2.54. The first-order valence-electron chi connectivity index (χ1n) is 9.06. The van der Waals surface area contributed by atoms with Crippen molar-refractivity contribution < 1.29 is 27.8 Å². The van der Waals surface area contributed by atoms with Gasteiger partial charge in [0.05, 0.1) is 16.7 Å². The van der Waals surface area contributed by atoms with Crippen molar-refractivity contribution in [3.8, 4) is 0 Å². The van der Waals surface area contributed by atoms with Gasteiger partial charge in [-0.25, -0.2) is 4.79 Å². The molecule has 0 unspecified atom stereocenters. The summed E-state index contributed by atoms with van der Waals surface area (Å²) < 4.78 is 44.4. The van der Waals surface area contributed by atoms with Crippen molar-refractivity contribution >= 4 is 6.09 Å². The van der Waals surface area contributed by atoms with Crippen LogP contribution in [0, 0.1) is 0 Å². The van der Waals surface area contributed by atoms with Crippen LogP contribution >= 0.6 is 0 Å². The highest BCUT2D eigenvalue weighted by Crippen LogP contribution is 2.63. The quantitative estimate of drug-likeness (QED) is 0.816. The van der Waals surface area contributed by atoms with Crippen molar-refractivity contribution in [3.05, 3.63) is 71.3 Å². The van der Waals surface area contributed by atoms with E-state index in [1.807, 2.05) is 30.3 Å². The van der Waals surface area contributed by atoms with Gasteiger partial charge in [-0.2, -0.15) is 13.2 Å². The number of aliphatic hydroxyl groups is 1. The van der Waals surface area contributed by atoms with Gasteiger partial charge in [-0.15, -0.1) is 0 Å². The van der Waals surface area contributed by atoms with Gasteiger partial charge >= 0.3 is 12.3 Å². The average Bonchev–Trinajstić information content (AvgIpc) is 2.61. The summed E-state index contributed by atoms with van der Waals surface area (Å²) >= 11 is 0. The Morgan fingerprint density at radius 3 is 2.29 bits per heavy atom. The summed E-state index contributed by atoms with van der Waals surface area (Å²) in [7, 11) is 0. The predicted molar refractivity (Wildman–Crippen MR) is 95.1 cm³/mol. The second-order valence-corrected chi connectivity index (χ2v) is 7.80. The molecular weight excluding hydrogens is 371 g/mol. The van der Waals surface area contributed by atoms with E-state index in [0.29, 0.717) is 24.8 Å². The SMILES string of the molecule is O=C(OCc1ccccc1)N(Cc1cccc(C(F)(F)F)c1)C12CC(O)(C1)C2. The number of benzene rings is 2. The molecule has 0 radical (unpaired) electrons. The summed E-state index contributed by atoms with van der Waals surface area (Å²) in [5, 5.41) is 10.1. The summed E-state index contributed by atoms with van der Waals surface area (Å²) in [6, 6.07) is 14.1. The number of amides is 1. The van der Waals surface area contributed by atoms with E-state index in [-0.39, 0.29) is 13.2 Å². The number of hydrogen-bond donors (Lipinski definition) is 1. The molecule has 3 saturated carbocycles. The molecule has 2 bridgehead atoms. The molecule has 2 aromatic carbocycles. The van der Waals surface area contributed by atoms with E-state index in [1.165, 1.54) is 11.0 Å². The van der Waals surface area contributed by atoms with Gasteiger partial charge in [-0.1, -0.05) is 42.5 Å². The normalized spacial score (nSPS) is 25.4. The average molecular weight is 391 g/mol. The lowest BCUT2D eigenvalue weighted by atomic mass is 9.45. The van der Waals surface area contributed by atoms with Gasteiger partial charge in [0, 0.05) is 6.54 Å². The monoisotopic (exact) mass is 391 g/mol. The first-order valence-corrected chi connectivity index (χ1v) is 9.06. The molecule has 1 N–H and O–H groups in total. The van der Waals surface area contributed by atoms with Crippen molar-refractivity contribution in [1.29, 1.82) is 0 Å². The van der Waals surface area contributed by atoms with E-state index < -0.39 is 29.0 Å². The molecule has 0 atom stereocenters.